The molecule has 2 atom stereocenters. The monoisotopic (exact) mass is 223 g/mol. The summed E-state index contributed by atoms with van der Waals surface area (Å²) in [5.41, 5.74) is 6.75. The van der Waals surface area contributed by atoms with Gasteiger partial charge in [0.05, 0.1) is 0 Å². The number of nitrogens with two attached hydrogens (primary N) is 1. The van der Waals surface area contributed by atoms with Gasteiger partial charge in [0.15, 0.2) is 0 Å². The topological polar surface area (TPSA) is 35.2 Å². The van der Waals surface area contributed by atoms with Gasteiger partial charge in [-0.2, -0.15) is 0 Å². The van der Waals surface area contributed by atoms with Crippen LogP contribution in [0.4, 0.5) is 4.39 Å². The molecule has 3 heteroatoms. The summed E-state index contributed by atoms with van der Waals surface area (Å²) >= 11 is 0. The summed E-state index contributed by atoms with van der Waals surface area (Å²) in [6, 6.07) is 6.88. The molecule has 1 aromatic carbocycles. The van der Waals surface area contributed by atoms with Gasteiger partial charge in [0.25, 0.3) is 0 Å². The molecule has 0 aliphatic carbocycles. The first kappa shape index (κ1) is 11.6. The fraction of sp³-hybridized carbons (Fsp3) is 0.538. The average Bonchev–Trinajstić information content (AvgIpc) is 2.74. The van der Waals surface area contributed by atoms with E-state index in [4.69, 9.17) is 10.5 Å². The molecular weight excluding hydrogens is 205 g/mol. The molecule has 1 aromatic rings. The molecule has 2 nitrogen and oxygen atoms in total. The fourth-order valence-corrected chi connectivity index (χ4v) is 2.23. The maximum Gasteiger partial charge on any atom is 0.126 e. The van der Waals surface area contributed by atoms with Crippen LogP contribution in [0.5, 0.6) is 0 Å². The Balaban J connectivity index is 1.86. The van der Waals surface area contributed by atoms with E-state index in [1.54, 1.807) is 12.1 Å². The fourth-order valence-electron chi connectivity index (χ4n) is 2.23. The number of ether oxygens (including phenoxy) is 1. The van der Waals surface area contributed by atoms with Crippen LogP contribution in [0.25, 0.3) is 0 Å². The maximum absolute atomic E-state index is 13.4. The second kappa shape index (κ2) is 5.41. The number of halogens is 1. The van der Waals surface area contributed by atoms with E-state index in [1.807, 2.05) is 6.07 Å². The lowest BCUT2D eigenvalue weighted by Gasteiger charge is -2.15. The van der Waals surface area contributed by atoms with Crippen LogP contribution in [0, 0.1) is 11.7 Å². The zero-order chi connectivity index (χ0) is 11.4. The molecule has 2 unspecified atom stereocenters. The van der Waals surface area contributed by atoms with Crippen LogP contribution >= 0.6 is 0 Å². The van der Waals surface area contributed by atoms with Crippen molar-refractivity contribution in [3.8, 4) is 0 Å². The third-order valence-electron chi connectivity index (χ3n) is 3.10. The largest absolute Gasteiger partial charge is 0.381 e. The minimum Gasteiger partial charge on any atom is -0.381 e. The Morgan fingerprint density at radius 1 is 1.44 bits per heavy atom. The molecule has 16 heavy (non-hydrogen) atoms. The van der Waals surface area contributed by atoms with Gasteiger partial charge < -0.3 is 10.5 Å². The molecule has 88 valence electrons. The quantitative estimate of drug-likeness (QED) is 0.848. The van der Waals surface area contributed by atoms with Gasteiger partial charge in [0, 0.05) is 19.3 Å². The van der Waals surface area contributed by atoms with Crippen LogP contribution < -0.4 is 5.73 Å². The van der Waals surface area contributed by atoms with Gasteiger partial charge in [-0.3, -0.25) is 0 Å². The second-order valence-electron chi connectivity index (χ2n) is 4.52. The van der Waals surface area contributed by atoms with Crippen molar-refractivity contribution in [2.75, 3.05) is 13.2 Å². The zero-order valence-corrected chi connectivity index (χ0v) is 9.36. The van der Waals surface area contributed by atoms with Gasteiger partial charge in [-0.15, -0.1) is 0 Å². The first-order chi connectivity index (χ1) is 7.75. The van der Waals surface area contributed by atoms with E-state index in [-0.39, 0.29) is 11.9 Å². The average molecular weight is 223 g/mol. The maximum atomic E-state index is 13.4. The Morgan fingerprint density at radius 2 is 2.25 bits per heavy atom. The standard InChI is InChI=1S/C13H18FNO/c14-13-4-2-1-3-11(13)8-12(15)7-10-5-6-16-9-10/h1-4,10,12H,5-9,15H2. The first-order valence-electron chi connectivity index (χ1n) is 5.82. The van der Waals surface area contributed by atoms with Crippen LogP contribution in [-0.2, 0) is 11.2 Å². The molecule has 1 saturated heterocycles. The molecule has 1 heterocycles. The second-order valence-corrected chi connectivity index (χ2v) is 4.52. The molecule has 0 bridgehead atoms. The highest BCUT2D eigenvalue weighted by Gasteiger charge is 2.19. The van der Waals surface area contributed by atoms with Gasteiger partial charge in [0.2, 0.25) is 0 Å². The predicted molar refractivity (Wildman–Crippen MR) is 61.6 cm³/mol. The summed E-state index contributed by atoms with van der Waals surface area (Å²) in [5, 5.41) is 0. The summed E-state index contributed by atoms with van der Waals surface area (Å²) in [6.07, 6.45) is 2.63. The Labute approximate surface area is 95.6 Å². The van der Waals surface area contributed by atoms with Crippen molar-refractivity contribution in [2.45, 2.75) is 25.3 Å². The highest BCUT2D eigenvalue weighted by Crippen LogP contribution is 2.19. The van der Waals surface area contributed by atoms with E-state index in [0.717, 1.165) is 26.1 Å². The van der Waals surface area contributed by atoms with Gasteiger partial charge in [-0.1, -0.05) is 18.2 Å². The minimum atomic E-state index is -0.152. The van der Waals surface area contributed by atoms with Crippen LogP contribution in [-0.4, -0.2) is 19.3 Å². The molecule has 2 N–H and O–H groups in total. The predicted octanol–water partition coefficient (Wildman–Crippen LogP) is 2.12. The van der Waals surface area contributed by atoms with Gasteiger partial charge in [0.1, 0.15) is 5.82 Å². The van der Waals surface area contributed by atoms with E-state index in [0.29, 0.717) is 17.9 Å². The van der Waals surface area contributed by atoms with Gasteiger partial charge >= 0.3 is 0 Å². The van der Waals surface area contributed by atoms with E-state index < -0.39 is 0 Å². The molecule has 1 fully saturated rings. The number of rotatable bonds is 4. The molecule has 1 aliphatic heterocycles. The molecule has 0 amide bonds. The number of benzene rings is 1. The summed E-state index contributed by atoms with van der Waals surface area (Å²) in [6.45, 7) is 1.65. The lowest BCUT2D eigenvalue weighted by Crippen LogP contribution is -2.26. The third kappa shape index (κ3) is 3.03. The van der Waals surface area contributed by atoms with Crippen LogP contribution in [0.2, 0.25) is 0 Å². The Bertz CT molecular complexity index is 336. The SMILES string of the molecule is NC(Cc1ccccc1F)CC1CCOC1. The molecule has 2 rings (SSSR count). The smallest absolute Gasteiger partial charge is 0.126 e. The third-order valence-corrected chi connectivity index (χ3v) is 3.10. The lowest BCUT2D eigenvalue weighted by molar-refractivity contribution is 0.182. The van der Waals surface area contributed by atoms with Crippen molar-refractivity contribution in [3.63, 3.8) is 0 Å². The van der Waals surface area contributed by atoms with Crippen LogP contribution in [0.3, 0.4) is 0 Å². The van der Waals surface area contributed by atoms with Crippen molar-refractivity contribution in [1.82, 2.24) is 0 Å². The van der Waals surface area contributed by atoms with Crippen molar-refractivity contribution < 1.29 is 9.13 Å². The van der Waals surface area contributed by atoms with Crippen molar-refractivity contribution in [2.24, 2.45) is 11.7 Å². The molecule has 0 aromatic heterocycles. The molecule has 0 spiro atoms. The van der Waals surface area contributed by atoms with E-state index >= 15 is 0 Å². The summed E-state index contributed by atoms with van der Waals surface area (Å²) in [5.74, 6) is 0.405. The Morgan fingerprint density at radius 3 is 2.94 bits per heavy atom. The zero-order valence-electron chi connectivity index (χ0n) is 9.36. The molecular formula is C13H18FNO. The lowest BCUT2D eigenvalue weighted by atomic mass is 9.95. The normalized spacial score (nSPS) is 22.2. The molecule has 1 aliphatic rings. The first-order valence-corrected chi connectivity index (χ1v) is 5.82. The highest BCUT2D eigenvalue weighted by molar-refractivity contribution is 5.18. The van der Waals surface area contributed by atoms with E-state index in [1.165, 1.54) is 6.07 Å². The van der Waals surface area contributed by atoms with Crippen LogP contribution in [0.15, 0.2) is 24.3 Å². The highest BCUT2D eigenvalue weighted by atomic mass is 19.1. The van der Waals surface area contributed by atoms with Crippen molar-refractivity contribution in [1.29, 1.82) is 0 Å². The van der Waals surface area contributed by atoms with Crippen molar-refractivity contribution >= 4 is 0 Å². The molecule has 0 saturated carbocycles. The van der Waals surface area contributed by atoms with E-state index in [2.05, 4.69) is 0 Å². The van der Waals surface area contributed by atoms with Gasteiger partial charge in [-0.05, 0) is 36.8 Å². The van der Waals surface area contributed by atoms with Crippen molar-refractivity contribution in [3.05, 3.63) is 35.6 Å². The molecule has 0 radical (unpaired) electrons. The summed E-state index contributed by atoms with van der Waals surface area (Å²) < 4.78 is 18.7. The van der Waals surface area contributed by atoms with E-state index in [9.17, 15) is 4.39 Å². The Hall–Kier alpha value is -0.930. The Kier molecular flexibility index (Phi) is 3.91. The number of hydrogen-bond acceptors (Lipinski definition) is 2. The van der Waals surface area contributed by atoms with Gasteiger partial charge in [-0.25, -0.2) is 4.39 Å². The summed E-state index contributed by atoms with van der Waals surface area (Å²) in [7, 11) is 0. The number of hydrogen-bond donors (Lipinski definition) is 1. The van der Waals surface area contributed by atoms with Crippen LogP contribution in [0.1, 0.15) is 18.4 Å². The minimum absolute atomic E-state index is 0.0311. The summed E-state index contributed by atoms with van der Waals surface area (Å²) in [4.78, 5) is 0.